The zero-order valence-electron chi connectivity index (χ0n) is 14.6. The highest BCUT2D eigenvalue weighted by Crippen LogP contribution is 2.40. The fourth-order valence-electron chi connectivity index (χ4n) is 2.46. The molecule has 6 nitrogen and oxygen atoms in total. The summed E-state index contributed by atoms with van der Waals surface area (Å²) in [6.07, 6.45) is 2.79. The van der Waals surface area contributed by atoms with Crippen molar-refractivity contribution in [2.45, 2.75) is 0 Å². The summed E-state index contributed by atoms with van der Waals surface area (Å²) in [5.74, 6) is 0.655. The minimum Gasteiger partial charge on any atom is -0.493 e. The maximum atomic E-state index is 12.0. The van der Waals surface area contributed by atoms with Crippen LogP contribution in [0.25, 0.3) is 6.08 Å². The fraction of sp³-hybridized carbons (Fsp3) is 0.200. The van der Waals surface area contributed by atoms with E-state index in [1.807, 2.05) is 0 Å². The second kappa shape index (κ2) is 8.60. The summed E-state index contributed by atoms with van der Waals surface area (Å²) in [5.41, 5.74) is 1.10. The second-order valence-electron chi connectivity index (χ2n) is 5.62. The normalized spacial score (nSPS) is 12.7. The Morgan fingerprint density at radius 1 is 1.15 bits per heavy atom. The summed E-state index contributed by atoms with van der Waals surface area (Å²) in [5, 5.41) is 0.529. The Bertz CT molecular complexity index is 856. The van der Waals surface area contributed by atoms with Crippen LogP contribution in [0.15, 0.2) is 42.5 Å². The number of benzene rings is 2. The summed E-state index contributed by atoms with van der Waals surface area (Å²) in [6.45, 7) is 0.542. The van der Waals surface area contributed by atoms with Crippen LogP contribution in [0, 0.1) is 0 Å². The summed E-state index contributed by atoms with van der Waals surface area (Å²) in [4.78, 5) is 23.9. The number of Topliss-reactive ketones (excluding diaryl/α,β-unsaturated/α-hetero) is 1. The number of ketones is 1. The predicted octanol–water partition coefficient (Wildman–Crippen LogP) is 3.56. The van der Waals surface area contributed by atoms with E-state index in [9.17, 15) is 9.59 Å². The van der Waals surface area contributed by atoms with Gasteiger partial charge in [0.1, 0.15) is 13.2 Å². The number of carbonyl (C=O) groups is 2. The lowest BCUT2D eigenvalue weighted by atomic mass is 10.1. The van der Waals surface area contributed by atoms with Crippen LogP contribution in [0.2, 0.25) is 5.02 Å². The lowest BCUT2D eigenvalue weighted by molar-refractivity contribution is -0.136. The van der Waals surface area contributed by atoms with E-state index in [1.165, 1.54) is 13.2 Å². The molecule has 0 radical (unpaired) electrons. The first-order chi connectivity index (χ1) is 13.1. The molecule has 0 bridgehead atoms. The van der Waals surface area contributed by atoms with Crippen LogP contribution in [-0.2, 0) is 9.53 Å². The average molecular weight is 389 g/mol. The molecule has 3 rings (SSSR count). The minimum absolute atomic E-state index is 0.311. The lowest BCUT2D eigenvalue weighted by Crippen LogP contribution is -2.16. The molecule has 2 aromatic rings. The number of halogens is 1. The third kappa shape index (κ3) is 4.80. The predicted molar refractivity (Wildman–Crippen MR) is 99.8 cm³/mol. The summed E-state index contributed by atoms with van der Waals surface area (Å²) >= 11 is 5.78. The molecule has 0 saturated heterocycles. The number of methoxy groups -OCH3 is 1. The molecule has 140 valence electrons. The summed E-state index contributed by atoms with van der Waals surface area (Å²) < 4.78 is 21.3. The highest BCUT2D eigenvalue weighted by atomic mass is 35.5. The van der Waals surface area contributed by atoms with E-state index >= 15 is 0 Å². The Hall–Kier alpha value is -2.99. The van der Waals surface area contributed by atoms with Gasteiger partial charge in [0.05, 0.1) is 7.11 Å². The molecule has 0 aliphatic carbocycles. The monoisotopic (exact) mass is 388 g/mol. The van der Waals surface area contributed by atoms with E-state index in [4.69, 9.17) is 30.5 Å². The van der Waals surface area contributed by atoms with Gasteiger partial charge < -0.3 is 18.9 Å². The number of ether oxygens (including phenoxy) is 4. The molecule has 1 aliphatic heterocycles. The van der Waals surface area contributed by atoms with Gasteiger partial charge in [0.25, 0.3) is 0 Å². The van der Waals surface area contributed by atoms with Crippen LogP contribution in [0.4, 0.5) is 0 Å². The molecule has 0 saturated carbocycles. The summed E-state index contributed by atoms with van der Waals surface area (Å²) in [7, 11) is 1.53. The highest BCUT2D eigenvalue weighted by molar-refractivity contribution is 6.30. The topological polar surface area (TPSA) is 71.1 Å². The van der Waals surface area contributed by atoms with E-state index in [2.05, 4.69) is 0 Å². The molecule has 0 fully saturated rings. The molecule has 0 atom stereocenters. The largest absolute Gasteiger partial charge is 0.493 e. The van der Waals surface area contributed by atoms with Crippen molar-refractivity contribution in [1.29, 1.82) is 0 Å². The quantitative estimate of drug-likeness (QED) is 0.428. The standard InChI is InChI=1S/C20H17ClO6/c1-24-17-10-13(11-18-20(17)26-9-8-25-18)2-7-19(23)27-12-16(22)14-3-5-15(21)6-4-14/h2-7,10-11H,8-9,12H2,1H3/b7-2+. The van der Waals surface area contributed by atoms with Gasteiger partial charge >= 0.3 is 5.97 Å². The lowest BCUT2D eigenvalue weighted by Gasteiger charge is -2.20. The molecule has 2 aromatic carbocycles. The van der Waals surface area contributed by atoms with E-state index in [-0.39, 0.29) is 12.4 Å². The average Bonchev–Trinajstić information content (AvgIpc) is 2.70. The van der Waals surface area contributed by atoms with Gasteiger partial charge in [-0.25, -0.2) is 4.79 Å². The van der Waals surface area contributed by atoms with Gasteiger partial charge in [-0.3, -0.25) is 4.79 Å². The van der Waals surface area contributed by atoms with Crippen LogP contribution in [0.5, 0.6) is 17.2 Å². The van der Waals surface area contributed by atoms with Crippen LogP contribution in [0.1, 0.15) is 15.9 Å². The summed E-state index contributed by atoms with van der Waals surface area (Å²) in [6, 6.07) is 9.82. The van der Waals surface area contributed by atoms with Crippen molar-refractivity contribution in [3.63, 3.8) is 0 Å². The van der Waals surface area contributed by atoms with E-state index < -0.39 is 5.97 Å². The Kier molecular flexibility index (Phi) is 5.98. The van der Waals surface area contributed by atoms with Gasteiger partial charge in [0.15, 0.2) is 23.9 Å². The molecule has 0 N–H and O–H groups in total. The van der Waals surface area contributed by atoms with Crippen LogP contribution in [0.3, 0.4) is 0 Å². The maximum Gasteiger partial charge on any atom is 0.331 e. The molecule has 1 aliphatic rings. The van der Waals surface area contributed by atoms with Crippen molar-refractivity contribution in [3.05, 3.63) is 58.6 Å². The van der Waals surface area contributed by atoms with Crippen LogP contribution in [-0.4, -0.2) is 38.7 Å². The van der Waals surface area contributed by atoms with Gasteiger partial charge in [0, 0.05) is 16.7 Å². The molecule has 7 heteroatoms. The SMILES string of the molecule is COc1cc(/C=C/C(=O)OCC(=O)c2ccc(Cl)cc2)cc2c1OCCO2. The van der Waals surface area contributed by atoms with Crippen molar-refractivity contribution in [1.82, 2.24) is 0 Å². The smallest absolute Gasteiger partial charge is 0.331 e. The highest BCUT2D eigenvalue weighted by Gasteiger charge is 2.18. The number of rotatable bonds is 6. The Labute approximate surface area is 161 Å². The van der Waals surface area contributed by atoms with Crippen molar-refractivity contribution in [2.24, 2.45) is 0 Å². The number of esters is 1. The van der Waals surface area contributed by atoms with Gasteiger partial charge in [-0.2, -0.15) is 0 Å². The molecule has 27 heavy (non-hydrogen) atoms. The molecule has 0 spiro atoms. The second-order valence-corrected chi connectivity index (χ2v) is 6.05. The third-order valence-corrected chi connectivity index (χ3v) is 4.03. The first-order valence-electron chi connectivity index (χ1n) is 8.18. The maximum absolute atomic E-state index is 12.0. The molecular weight excluding hydrogens is 372 g/mol. The first-order valence-corrected chi connectivity index (χ1v) is 8.56. The van der Waals surface area contributed by atoms with E-state index in [0.717, 1.165) is 0 Å². The number of fused-ring (bicyclic) bond motifs is 1. The van der Waals surface area contributed by atoms with Gasteiger partial charge in [0.2, 0.25) is 5.75 Å². The molecular formula is C20H17ClO6. The Balaban J connectivity index is 1.61. The van der Waals surface area contributed by atoms with E-state index in [1.54, 1.807) is 42.5 Å². The van der Waals surface area contributed by atoms with Gasteiger partial charge in [-0.1, -0.05) is 11.6 Å². The fourth-order valence-corrected chi connectivity index (χ4v) is 2.58. The Morgan fingerprint density at radius 3 is 2.63 bits per heavy atom. The minimum atomic E-state index is -0.633. The third-order valence-electron chi connectivity index (χ3n) is 3.77. The van der Waals surface area contributed by atoms with E-state index in [0.29, 0.717) is 46.6 Å². The molecule has 1 heterocycles. The zero-order chi connectivity index (χ0) is 19.2. The number of hydrogen-bond donors (Lipinski definition) is 0. The van der Waals surface area contributed by atoms with Crippen molar-refractivity contribution < 1.29 is 28.5 Å². The van der Waals surface area contributed by atoms with Crippen LogP contribution >= 0.6 is 11.6 Å². The molecule has 0 unspecified atom stereocenters. The molecule has 0 aromatic heterocycles. The number of hydrogen-bond acceptors (Lipinski definition) is 6. The first kappa shape index (κ1) is 18.8. The molecule has 0 amide bonds. The Morgan fingerprint density at radius 2 is 1.89 bits per heavy atom. The van der Waals surface area contributed by atoms with Gasteiger partial charge in [-0.05, 0) is 48.0 Å². The van der Waals surface area contributed by atoms with Crippen molar-refractivity contribution in [3.8, 4) is 17.2 Å². The number of carbonyl (C=O) groups excluding carboxylic acids is 2. The zero-order valence-corrected chi connectivity index (χ0v) is 15.3. The van der Waals surface area contributed by atoms with Crippen molar-refractivity contribution >= 4 is 29.4 Å². The van der Waals surface area contributed by atoms with Crippen LogP contribution < -0.4 is 14.2 Å². The van der Waals surface area contributed by atoms with Gasteiger partial charge in [-0.15, -0.1) is 0 Å². The van der Waals surface area contributed by atoms with Crippen molar-refractivity contribution in [2.75, 3.05) is 26.9 Å².